The van der Waals surface area contributed by atoms with Gasteiger partial charge in [-0.1, -0.05) is 12.1 Å². The van der Waals surface area contributed by atoms with Crippen molar-refractivity contribution < 1.29 is 22.7 Å². The molecule has 0 saturated heterocycles. The summed E-state index contributed by atoms with van der Waals surface area (Å²) < 4.78 is 40.9. The number of hydrogen-bond acceptors (Lipinski definition) is 5. The number of rotatable bonds is 4. The standard InChI is InChI=1S/C16H15F3N4O2/c17-16(18,19)25-12-3-1-2-10(6-12)8-23-5-4-11-7-21-15(14(20)24)22-13(11)9-23/h1-3,6-7H,4-5,8-9H2,(H2,20,24). The maximum absolute atomic E-state index is 12.3. The molecule has 1 aromatic heterocycles. The van der Waals surface area contributed by atoms with Gasteiger partial charge < -0.3 is 10.5 Å². The maximum atomic E-state index is 12.3. The fraction of sp³-hybridized carbons (Fsp3) is 0.312. The number of nitrogens with zero attached hydrogens (tertiary/aromatic N) is 3. The van der Waals surface area contributed by atoms with Crippen molar-refractivity contribution in [2.45, 2.75) is 25.9 Å². The average molecular weight is 352 g/mol. The second-order valence-electron chi connectivity index (χ2n) is 5.69. The van der Waals surface area contributed by atoms with Crippen molar-refractivity contribution >= 4 is 5.91 Å². The number of primary amides is 1. The minimum atomic E-state index is -4.72. The topological polar surface area (TPSA) is 81.3 Å². The SMILES string of the molecule is NC(=O)c1ncc2c(n1)CN(Cc1cccc(OC(F)(F)F)c1)CC2. The van der Waals surface area contributed by atoms with E-state index in [4.69, 9.17) is 5.73 Å². The molecule has 0 unspecified atom stereocenters. The van der Waals surface area contributed by atoms with Crippen molar-refractivity contribution in [1.29, 1.82) is 0 Å². The third-order valence-corrected chi connectivity index (χ3v) is 3.78. The van der Waals surface area contributed by atoms with Crippen LogP contribution in [-0.2, 0) is 19.5 Å². The molecule has 3 rings (SSSR count). The summed E-state index contributed by atoms with van der Waals surface area (Å²) in [6.45, 7) is 1.60. The number of fused-ring (bicyclic) bond motifs is 1. The molecule has 1 amide bonds. The van der Waals surface area contributed by atoms with Gasteiger partial charge in [0.15, 0.2) is 0 Å². The Balaban J connectivity index is 1.71. The first kappa shape index (κ1) is 17.2. The number of hydrogen-bond donors (Lipinski definition) is 1. The van der Waals surface area contributed by atoms with Crippen molar-refractivity contribution in [3.63, 3.8) is 0 Å². The quantitative estimate of drug-likeness (QED) is 0.911. The van der Waals surface area contributed by atoms with Gasteiger partial charge in [0.1, 0.15) is 5.75 Å². The van der Waals surface area contributed by atoms with E-state index in [1.54, 1.807) is 12.3 Å². The lowest BCUT2D eigenvalue weighted by molar-refractivity contribution is -0.274. The van der Waals surface area contributed by atoms with Crippen LogP contribution in [0.3, 0.4) is 0 Å². The Hall–Kier alpha value is -2.68. The number of aromatic nitrogens is 2. The van der Waals surface area contributed by atoms with E-state index in [9.17, 15) is 18.0 Å². The molecule has 0 spiro atoms. The van der Waals surface area contributed by atoms with Crippen LogP contribution in [0.2, 0.25) is 0 Å². The Kier molecular flexibility index (Phi) is 4.58. The number of alkyl halides is 3. The van der Waals surface area contributed by atoms with Gasteiger partial charge in [-0.3, -0.25) is 9.69 Å². The molecule has 0 fully saturated rings. The molecule has 0 bridgehead atoms. The zero-order chi connectivity index (χ0) is 18.0. The van der Waals surface area contributed by atoms with Gasteiger partial charge in [0.05, 0.1) is 5.69 Å². The lowest BCUT2D eigenvalue weighted by atomic mass is 10.1. The van der Waals surface area contributed by atoms with Gasteiger partial charge in [-0.2, -0.15) is 0 Å². The molecule has 1 aliphatic heterocycles. The van der Waals surface area contributed by atoms with Gasteiger partial charge in [0.2, 0.25) is 5.82 Å². The summed E-state index contributed by atoms with van der Waals surface area (Å²) in [6, 6.07) is 5.86. The average Bonchev–Trinajstić information content (AvgIpc) is 2.53. The first-order valence-electron chi connectivity index (χ1n) is 7.52. The first-order chi connectivity index (χ1) is 11.8. The summed E-state index contributed by atoms with van der Waals surface area (Å²) in [7, 11) is 0. The van der Waals surface area contributed by atoms with Crippen LogP contribution < -0.4 is 10.5 Å². The van der Waals surface area contributed by atoms with Crippen molar-refractivity contribution in [1.82, 2.24) is 14.9 Å². The second kappa shape index (κ2) is 6.67. The first-order valence-corrected chi connectivity index (χ1v) is 7.52. The van der Waals surface area contributed by atoms with Gasteiger partial charge in [-0.15, -0.1) is 13.2 Å². The number of halogens is 3. The van der Waals surface area contributed by atoms with Crippen molar-refractivity contribution in [3.8, 4) is 5.75 Å². The summed E-state index contributed by atoms with van der Waals surface area (Å²) in [5.74, 6) is -0.987. The van der Waals surface area contributed by atoms with Gasteiger partial charge in [0.25, 0.3) is 5.91 Å². The minimum Gasteiger partial charge on any atom is -0.406 e. The molecule has 1 aliphatic rings. The van der Waals surface area contributed by atoms with E-state index in [-0.39, 0.29) is 11.6 Å². The van der Waals surface area contributed by atoms with Crippen LogP contribution in [0.5, 0.6) is 5.75 Å². The predicted octanol–water partition coefficient (Wildman–Crippen LogP) is 2.03. The molecule has 0 atom stereocenters. The van der Waals surface area contributed by atoms with Crippen LogP contribution in [0, 0.1) is 0 Å². The Bertz CT molecular complexity index is 795. The summed E-state index contributed by atoms with van der Waals surface area (Å²) in [5.41, 5.74) is 7.52. The molecule has 0 radical (unpaired) electrons. The highest BCUT2D eigenvalue weighted by Gasteiger charge is 2.31. The summed E-state index contributed by atoms with van der Waals surface area (Å²) in [5, 5.41) is 0. The van der Waals surface area contributed by atoms with E-state index in [0.717, 1.165) is 5.56 Å². The molecular weight excluding hydrogens is 337 g/mol. The third kappa shape index (κ3) is 4.44. The van der Waals surface area contributed by atoms with Gasteiger partial charge in [0, 0.05) is 25.8 Å². The number of carbonyl (C=O) groups is 1. The fourth-order valence-corrected chi connectivity index (χ4v) is 2.71. The van der Waals surface area contributed by atoms with Crippen molar-refractivity contribution in [2.24, 2.45) is 5.73 Å². The Morgan fingerprint density at radius 3 is 2.88 bits per heavy atom. The number of ether oxygens (including phenoxy) is 1. The van der Waals surface area contributed by atoms with E-state index in [2.05, 4.69) is 14.7 Å². The minimum absolute atomic E-state index is 0.0406. The summed E-state index contributed by atoms with van der Waals surface area (Å²) >= 11 is 0. The smallest absolute Gasteiger partial charge is 0.406 e. The molecule has 1 aromatic carbocycles. The van der Waals surface area contributed by atoms with Crippen molar-refractivity contribution in [2.75, 3.05) is 6.54 Å². The number of carbonyl (C=O) groups excluding carboxylic acids is 1. The lowest BCUT2D eigenvalue weighted by Gasteiger charge is -2.28. The fourth-order valence-electron chi connectivity index (χ4n) is 2.71. The largest absolute Gasteiger partial charge is 0.573 e. The number of nitrogens with two attached hydrogens (primary N) is 1. The van der Waals surface area contributed by atoms with E-state index < -0.39 is 12.3 Å². The van der Waals surface area contributed by atoms with Gasteiger partial charge in [-0.05, 0) is 29.7 Å². The monoisotopic (exact) mass is 352 g/mol. The van der Waals surface area contributed by atoms with Crippen molar-refractivity contribution in [3.05, 3.63) is 53.1 Å². The van der Waals surface area contributed by atoms with E-state index in [1.165, 1.54) is 18.2 Å². The van der Waals surface area contributed by atoms with Crippen LogP contribution in [0.25, 0.3) is 0 Å². The van der Waals surface area contributed by atoms with Gasteiger partial charge in [-0.25, -0.2) is 9.97 Å². The Labute approximate surface area is 141 Å². The molecule has 2 aromatic rings. The van der Waals surface area contributed by atoms with Gasteiger partial charge >= 0.3 is 6.36 Å². The number of amides is 1. The predicted molar refractivity (Wildman–Crippen MR) is 81.5 cm³/mol. The van der Waals surface area contributed by atoms with Crippen LogP contribution in [0.4, 0.5) is 13.2 Å². The maximum Gasteiger partial charge on any atom is 0.573 e. The summed E-state index contributed by atoms with van der Waals surface area (Å²) in [6.07, 6.45) is -2.44. The molecular formula is C16H15F3N4O2. The summed E-state index contributed by atoms with van der Waals surface area (Å²) in [4.78, 5) is 21.3. The highest BCUT2D eigenvalue weighted by atomic mass is 19.4. The third-order valence-electron chi connectivity index (χ3n) is 3.78. The molecule has 0 aliphatic carbocycles. The molecule has 2 heterocycles. The lowest BCUT2D eigenvalue weighted by Crippen LogP contribution is -2.32. The van der Waals surface area contributed by atoms with E-state index in [0.29, 0.717) is 37.3 Å². The molecule has 132 valence electrons. The Morgan fingerprint density at radius 2 is 2.16 bits per heavy atom. The molecule has 9 heteroatoms. The second-order valence-corrected chi connectivity index (χ2v) is 5.69. The molecule has 6 nitrogen and oxygen atoms in total. The zero-order valence-electron chi connectivity index (χ0n) is 13.1. The molecule has 0 saturated carbocycles. The number of benzene rings is 1. The van der Waals surface area contributed by atoms with Crippen LogP contribution in [-0.4, -0.2) is 33.7 Å². The highest BCUT2D eigenvalue weighted by Crippen LogP contribution is 2.25. The Morgan fingerprint density at radius 1 is 1.36 bits per heavy atom. The van der Waals surface area contributed by atoms with Crippen LogP contribution >= 0.6 is 0 Å². The van der Waals surface area contributed by atoms with E-state index in [1.807, 2.05) is 4.90 Å². The molecule has 2 N–H and O–H groups in total. The molecule has 25 heavy (non-hydrogen) atoms. The zero-order valence-corrected chi connectivity index (χ0v) is 13.1. The normalized spacial score (nSPS) is 14.8. The van der Waals surface area contributed by atoms with E-state index >= 15 is 0 Å². The van der Waals surface area contributed by atoms with Crippen LogP contribution in [0.1, 0.15) is 27.4 Å². The van der Waals surface area contributed by atoms with Crippen LogP contribution in [0.15, 0.2) is 30.5 Å². The highest BCUT2D eigenvalue weighted by molar-refractivity contribution is 5.88.